The number of ether oxygens (including phenoxy) is 3. The highest BCUT2D eigenvalue weighted by molar-refractivity contribution is 5.72. The van der Waals surface area contributed by atoms with Crippen LogP contribution in [0.25, 0.3) is 0 Å². The number of carboxylic acid groups (broad SMARTS) is 1. The normalized spacial score (nSPS) is 14.2. The van der Waals surface area contributed by atoms with Gasteiger partial charge in [-0.15, -0.1) is 0 Å². The summed E-state index contributed by atoms with van der Waals surface area (Å²) >= 11 is 0. The summed E-state index contributed by atoms with van der Waals surface area (Å²) in [7, 11) is 5.47. The highest BCUT2D eigenvalue weighted by atomic mass is 16.6. The standard InChI is InChI=1S/C42H65NO7/c1-6-8-10-12-14-16-17-18-19-20-21-22-23-25-26-28-30-32-40(44)49-37-38(36-48-35-34-39(42(46)47)43(3,4)5)50-41(45)33-31-29-27-24-15-13-11-9-7-2/h8-12,14-24,38-39H,6-7,13,25-37H2,1-5H3/p+1/b10-8+,11-9+,14-12+,17-16+,19-18+,21-20+,23-22+,24-15+. The Morgan fingerprint density at radius 2 is 1.16 bits per heavy atom. The van der Waals surface area contributed by atoms with Gasteiger partial charge in [-0.3, -0.25) is 9.59 Å². The molecule has 0 spiro atoms. The van der Waals surface area contributed by atoms with E-state index in [1.807, 2.05) is 81.9 Å². The molecule has 0 bridgehead atoms. The van der Waals surface area contributed by atoms with E-state index in [0.717, 1.165) is 51.4 Å². The van der Waals surface area contributed by atoms with E-state index in [4.69, 9.17) is 14.2 Å². The van der Waals surface area contributed by atoms with Crippen LogP contribution in [0.1, 0.15) is 97.3 Å². The van der Waals surface area contributed by atoms with Gasteiger partial charge in [0, 0.05) is 19.3 Å². The van der Waals surface area contributed by atoms with Crippen molar-refractivity contribution in [2.24, 2.45) is 0 Å². The predicted molar refractivity (Wildman–Crippen MR) is 206 cm³/mol. The molecule has 0 saturated carbocycles. The molecule has 280 valence electrons. The summed E-state index contributed by atoms with van der Waals surface area (Å²) in [5, 5.41) is 9.56. The predicted octanol–water partition coefficient (Wildman–Crippen LogP) is 9.18. The second-order valence-electron chi connectivity index (χ2n) is 12.9. The van der Waals surface area contributed by atoms with E-state index in [-0.39, 0.29) is 42.7 Å². The Kier molecular flexibility index (Phi) is 30.0. The molecule has 50 heavy (non-hydrogen) atoms. The summed E-state index contributed by atoms with van der Waals surface area (Å²) in [5.74, 6) is -1.59. The third-order valence-corrected chi connectivity index (χ3v) is 7.39. The average Bonchev–Trinajstić information content (AvgIpc) is 3.06. The molecule has 8 heteroatoms. The Morgan fingerprint density at radius 1 is 0.620 bits per heavy atom. The molecular weight excluding hydrogens is 630 g/mol. The molecule has 0 fully saturated rings. The van der Waals surface area contributed by atoms with Crippen LogP contribution in [0.3, 0.4) is 0 Å². The van der Waals surface area contributed by atoms with Crippen LogP contribution in [-0.2, 0) is 28.6 Å². The Morgan fingerprint density at radius 3 is 1.78 bits per heavy atom. The zero-order chi connectivity index (χ0) is 37.1. The maximum atomic E-state index is 12.6. The van der Waals surface area contributed by atoms with E-state index in [0.29, 0.717) is 25.7 Å². The van der Waals surface area contributed by atoms with Crippen LogP contribution in [0.5, 0.6) is 0 Å². The molecule has 0 rings (SSSR count). The molecule has 0 aromatic heterocycles. The zero-order valence-electron chi connectivity index (χ0n) is 31.5. The second kappa shape index (κ2) is 32.5. The lowest BCUT2D eigenvalue weighted by molar-refractivity contribution is -0.887. The van der Waals surface area contributed by atoms with Crippen molar-refractivity contribution in [1.82, 2.24) is 0 Å². The largest absolute Gasteiger partial charge is 0.477 e. The summed E-state index contributed by atoms with van der Waals surface area (Å²) < 4.78 is 17.1. The number of likely N-dealkylation sites (N-methyl/N-ethyl adjacent to an activating group) is 1. The molecule has 0 aliphatic heterocycles. The first kappa shape index (κ1) is 46.2. The van der Waals surface area contributed by atoms with Gasteiger partial charge in [-0.2, -0.15) is 0 Å². The molecule has 2 unspecified atom stereocenters. The number of nitrogens with zero attached hydrogens (tertiary/aromatic N) is 1. The van der Waals surface area contributed by atoms with Gasteiger partial charge < -0.3 is 23.8 Å². The zero-order valence-corrected chi connectivity index (χ0v) is 31.5. The van der Waals surface area contributed by atoms with Gasteiger partial charge in [0.15, 0.2) is 12.1 Å². The minimum atomic E-state index is -0.894. The number of hydrogen-bond acceptors (Lipinski definition) is 6. The fourth-order valence-electron chi connectivity index (χ4n) is 4.57. The Hall–Kier alpha value is -3.75. The quantitative estimate of drug-likeness (QED) is 0.0263. The van der Waals surface area contributed by atoms with E-state index in [1.165, 1.54) is 0 Å². The molecule has 0 aliphatic rings. The van der Waals surface area contributed by atoms with Gasteiger partial charge in [0.1, 0.15) is 6.61 Å². The minimum Gasteiger partial charge on any atom is -0.477 e. The van der Waals surface area contributed by atoms with Gasteiger partial charge in [-0.25, -0.2) is 4.79 Å². The Labute approximate surface area is 303 Å². The molecule has 0 amide bonds. The molecule has 0 heterocycles. The number of esters is 2. The minimum absolute atomic E-state index is 0.0259. The molecule has 0 saturated heterocycles. The van der Waals surface area contributed by atoms with Gasteiger partial charge in [0.25, 0.3) is 0 Å². The van der Waals surface area contributed by atoms with Crippen molar-refractivity contribution < 1.29 is 38.2 Å². The van der Waals surface area contributed by atoms with Crippen molar-refractivity contribution in [3.8, 4) is 0 Å². The first-order chi connectivity index (χ1) is 24.1. The smallest absolute Gasteiger partial charge is 0.362 e. The topological polar surface area (TPSA) is 99.1 Å². The van der Waals surface area contributed by atoms with Crippen LogP contribution in [0.4, 0.5) is 0 Å². The SMILES string of the molecule is CC/C=C/C=C/C=C/C=C/C=C/C=C/CCCCCC(=O)OCC(COCCC(C(=O)O)[N+](C)(C)C)OC(=O)CCCC/C=C/C/C=C/CC. The fourth-order valence-corrected chi connectivity index (χ4v) is 4.57. The van der Waals surface area contributed by atoms with Gasteiger partial charge in [0.2, 0.25) is 0 Å². The highest BCUT2D eigenvalue weighted by Crippen LogP contribution is 2.11. The van der Waals surface area contributed by atoms with Crippen LogP contribution in [0.15, 0.2) is 97.2 Å². The Bertz CT molecular complexity index is 1140. The summed E-state index contributed by atoms with van der Waals surface area (Å²) in [6, 6.07) is -0.631. The van der Waals surface area contributed by atoms with E-state index in [1.54, 1.807) is 0 Å². The molecule has 0 aromatic rings. The van der Waals surface area contributed by atoms with Crippen molar-refractivity contribution in [2.75, 3.05) is 41.0 Å². The second-order valence-corrected chi connectivity index (χ2v) is 12.9. The molecule has 8 nitrogen and oxygen atoms in total. The first-order valence-electron chi connectivity index (χ1n) is 18.4. The number of quaternary nitrogens is 1. The molecule has 0 radical (unpaired) electrons. The first-order valence-corrected chi connectivity index (χ1v) is 18.4. The maximum absolute atomic E-state index is 12.6. The van der Waals surface area contributed by atoms with Gasteiger partial charge in [-0.1, -0.05) is 117 Å². The summed E-state index contributed by atoms with van der Waals surface area (Å²) in [5.41, 5.74) is 0. The van der Waals surface area contributed by atoms with Gasteiger partial charge in [-0.05, 0) is 57.8 Å². The van der Waals surface area contributed by atoms with E-state index in [9.17, 15) is 19.5 Å². The number of carbonyl (C=O) groups excluding carboxylic acids is 2. The van der Waals surface area contributed by atoms with Crippen molar-refractivity contribution in [2.45, 2.75) is 109 Å². The van der Waals surface area contributed by atoms with Crippen LogP contribution >= 0.6 is 0 Å². The third kappa shape index (κ3) is 30.3. The molecule has 0 aromatic carbocycles. The Balaban J connectivity index is 4.56. The number of allylic oxidation sites excluding steroid dienone is 16. The van der Waals surface area contributed by atoms with Crippen LogP contribution in [0.2, 0.25) is 0 Å². The lowest BCUT2D eigenvalue weighted by Crippen LogP contribution is -2.50. The maximum Gasteiger partial charge on any atom is 0.362 e. The number of rotatable bonds is 30. The summed E-state index contributed by atoms with van der Waals surface area (Å²) in [6.45, 7) is 4.33. The van der Waals surface area contributed by atoms with Gasteiger partial charge in [0.05, 0.1) is 34.4 Å². The number of carboxylic acids is 1. The number of unbranched alkanes of at least 4 members (excludes halogenated alkanes) is 5. The van der Waals surface area contributed by atoms with E-state index >= 15 is 0 Å². The molecule has 2 atom stereocenters. The fraction of sp³-hybridized carbons (Fsp3) is 0.548. The van der Waals surface area contributed by atoms with Crippen molar-refractivity contribution >= 4 is 17.9 Å². The molecule has 0 aliphatic carbocycles. The van der Waals surface area contributed by atoms with E-state index < -0.39 is 18.1 Å². The number of carbonyl (C=O) groups is 3. The summed E-state index contributed by atoms with van der Waals surface area (Å²) in [6.07, 6.45) is 41.8. The molecular formula is C42H66NO7+. The number of hydrogen-bond donors (Lipinski definition) is 1. The van der Waals surface area contributed by atoms with Gasteiger partial charge >= 0.3 is 17.9 Å². The monoisotopic (exact) mass is 696 g/mol. The van der Waals surface area contributed by atoms with Crippen molar-refractivity contribution in [3.05, 3.63) is 97.2 Å². The summed E-state index contributed by atoms with van der Waals surface area (Å²) in [4.78, 5) is 36.7. The van der Waals surface area contributed by atoms with Crippen LogP contribution in [0, 0.1) is 0 Å². The molecule has 1 N–H and O–H groups in total. The highest BCUT2D eigenvalue weighted by Gasteiger charge is 2.31. The van der Waals surface area contributed by atoms with Crippen LogP contribution < -0.4 is 0 Å². The lowest BCUT2D eigenvalue weighted by atomic mass is 10.1. The third-order valence-electron chi connectivity index (χ3n) is 7.39. The van der Waals surface area contributed by atoms with Crippen LogP contribution in [-0.4, -0.2) is 80.6 Å². The number of aliphatic carboxylic acids is 1. The van der Waals surface area contributed by atoms with E-state index in [2.05, 4.69) is 50.3 Å². The average molecular weight is 697 g/mol. The lowest BCUT2D eigenvalue weighted by Gasteiger charge is -2.31. The van der Waals surface area contributed by atoms with Crippen molar-refractivity contribution in [1.29, 1.82) is 0 Å². The van der Waals surface area contributed by atoms with Crippen molar-refractivity contribution in [3.63, 3.8) is 0 Å².